The van der Waals surface area contributed by atoms with Crippen LogP contribution in [-0.4, -0.2) is 53.1 Å². The monoisotopic (exact) mass is 246 g/mol. The maximum absolute atomic E-state index is 10.1. The van der Waals surface area contributed by atoms with Crippen LogP contribution < -0.4 is 0 Å². The van der Waals surface area contributed by atoms with Crippen molar-refractivity contribution in [3.63, 3.8) is 0 Å². The molecule has 0 aromatic heterocycles. The third kappa shape index (κ3) is 2.35. The third-order valence-corrected chi connectivity index (χ3v) is 3.42. The summed E-state index contributed by atoms with van der Waals surface area (Å²) in [6.45, 7) is 8.09. The summed E-state index contributed by atoms with van der Waals surface area (Å²) in [7, 11) is 0. The van der Waals surface area contributed by atoms with Gasteiger partial charge in [-0.25, -0.2) is 0 Å². The summed E-state index contributed by atoms with van der Waals surface area (Å²) in [4.78, 5) is 0. The van der Waals surface area contributed by atoms with Crippen LogP contribution in [0.3, 0.4) is 0 Å². The Morgan fingerprint density at radius 1 is 1.35 bits per heavy atom. The summed E-state index contributed by atoms with van der Waals surface area (Å²) in [5, 5.41) is 20.1. The van der Waals surface area contributed by atoms with Gasteiger partial charge in [-0.3, -0.25) is 0 Å². The van der Waals surface area contributed by atoms with Crippen molar-refractivity contribution in [3.8, 4) is 0 Å². The molecule has 0 amide bonds. The van der Waals surface area contributed by atoms with Crippen molar-refractivity contribution in [1.82, 2.24) is 0 Å². The third-order valence-electron chi connectivity index (χ3n) is 3.42. The Hall–Kier alpha value is -0.200. The molecule has 0 aromatic carbocycles. The predicted octanol–water partition coefficient (Wildman–Crippen LogP) is 0.285. The van der Waals surface area contributed by atoms with Crippen LogP contribution in [0, 0.1) is 5.92 Å². The Bertz CT molecular complexity index is 287. The zero-order valence-electron chi connectivity index (χ0n) is 10.8. The lowest BCUT2D eigenvalue weighted by Crippen LogP contribution is -2.60. The van der Waals surface area contributed by atoms with Crippen molar-refractivity contribution in [2.45, 2.75) is 57.4 Å². The molecule has 0 aromatic rings. The topological polar surface area (TPSA) is 68.2 Å². The fourth-order valence-corrected chi connectivity index (χ4v) is 2.20. The largest absolute Gasteiger partial charge is 0.390 e. The van der Waals surface area contributed by atoms with Crippen molar-refractivity contribution >= 4 is 0 Å². The van der Waals surface area contributed by atoms with E-state index in [2.05, 4.69) is 0 Å². The minimum Gasteiger partial charge on any atom is -0.390 e. The number of aliphatic hydroxyl groups is 2. The number of fused-ring (bicyclic) bond motifs is 2. The Morgan fingerprint density at radius 3 is 2.59 bits per heavy atom. The zero-order valence-corrected chi connectivity index (χ0v) is 10.8. The maximum atomic E-state index is 10.1. The molecule has 2 aliphatic rings. The average molecular weight is 246 g/mol. The molecule has 0 unspecified atom stereocenters. The van der Waals surface area contributed by atoms with Crippen molar-refractivity contribution in [3.05, 3.63) is 0 Å². The van der Waals surface area contributed by atoms with Gasteiger partial charge in [-0.05, 0) is 20.8 Å². The van der Waals surface area contributed by atoms with E-state index in [4.69, 9.17) is 14.2 Å². The van der Waals surface area contributed by atoms with Crippen LogP contribution in [0.4, 0.5) is 0 Å². The highest BCUT2D eigenvalue weighted by Crippen LogP contribution is 2.40. The standard InChI is InChI=1S/C12H22O5/c1-7-8(13)9(14)12(5-15-10(7)17-12)6-16-11(2,3)4/h7-10,13-14H,5-6H2,1-4H3/t7-,8-,9-,10+,12-/m1/s1. The Kier molecular flexibility index (Phi) is 3.25. The number of ether oxygens (including phenoxy) is 3. The second-order valence-corrected chi connectivity index (χ2v) is 6.06. The van der Waals surface area contributed by atoms with E-state index >= 15 is 0 Å². The van der Waals surface area contributed by atoms with Gasteiger partial charge in [0.2, 0.25) is 0 Å². The molecule has 0 radical (unpaired) electrons. The molecule has 2 N–H and O–H groups in total. The molecule has 2 bridgehead atoms. The van der Waals surface area contributed by atoms with E-state index in [1.165, 1.54) is 0 Å². The molecular weight excluding hydrogens is 224 g/mol. The first-order chi connectivity index (χ1) is 7.75. The Morgan fingerprint density at radius 2 is 2.00 bits per heavy atom. The lowest BCUT2D eigenvalue weighted by atomic mass is 9.86. The van der Waals surface area contributed by atoms with Gasteiger partial charge in [0.1, 0.15) is 11.7 Å². The van der Waals surface area contributed by atoms with E-state index in [-0.39, 0.29) is 24.7 Å². The van der Waals surface area contributed by atoms with Gasteiger partial charge in [0.15, 0.2) is 6.29 Å². The minimum atomic E-state index is -0.974. The van der Waals surface area contributed by atoms with E-state index in [1.807, 2.05) is 20.8 Å². The number of hydrogen-bond donors (Lipinski definition) is 2. The van der Waals surface area contributed by atoms with E-state index < -0.39 is 24.1 Å². The Balaban J connectivity index is 2.09. The highest BCUT2D eigenvalue weighted by Gasteiger charge is 2.58. The van der Waals surface area contributed by atoms with Crippen molar-refractivity contribution in [2.24, 2.45) is 5.92 Å². The number of aliphatic hydroxyl groups excluding tert-OH is 2. The number of rotatable bonds is 2. The molecule has 0 spiro atoms. The summed E-state index contributed by atoms with van der Waals surface area (Å²) in [6, 6.07) is 0. The van der Waals surface area contributed by atoms with Gasteiger partial charge in [-0.1, -0.05) is 6.92 Å². The smallest absolute Gasteiger partial charge is 0.163 e. The van der Waals surface area contributed by atoms with Crippen molar-refractivity contribution < 1.29 is 24.4 Å². The lowest BCUT2D eigenvalue weighted by Gasteiger charge is -2.42. The van der Waals surface area contributed by atoms with Crippen molar-refractivity contribution in [1.29, 1.82) is 0 Å². The normalized spacial score (nSPS) is 46.2. The SMILES string of the molecule is C[C@H]1[C@H]2OC[C@](COC(C)(C)C)(O2)[C@H](O)[C@@H]1O. The average Bonchev–Trinajstić information content (AvgIpc) is 2.64. The summed E-state index contributed by atoms with van der Waals surface area (Å²) in [5.74, 6) is -0.227. The molecule has 5 nitrogen and oxygen atoms in total. The summed E-state index contributed by atoms with van der Waals surface area (Å²) >= 11 is 0. The fourth-order valence-electron chi connectivity index (χ4n) is 2.20. The molecule has 100 valence electrons. The van der Waals surface area contributed by atoms with Crippen LogP contribution in [0.1, 0.15) is 27.7 Å². The van der Waals surface area contributed by atoms with Crippen LogP contribution in [-0.2, 0) is 14.2 Å². The van der Waals surface area contributed by atoms with Crippen LogP contribution >= 0.6 is 0 Å². The van der Waals surface area contributed by atoms with E-state index in [0.29, 0.717) is 0 Å². The first-order valence-corrected chi connectivity index (χ1v) is 6.05. The molecule has 0 saturated carbocycles. The van der Waals surface area contributed by atoms with Crippen LogP contribution in [0.5, 0.6) is 0 Å². The molecule has 2 aliphatic heterocycles. The quantitative estimate of drug-likeness (QED) is 0.732. The number of hydrogen-bond acceptors (Lipinski definition) is 5. The lowest BCUT2D eigenvalue weighted by molar-refractivity contribution is -0.254. The highest BCUT2D eigenvalue weighted by molar-refractivity contribution is 5.02. The van der Waals surface area contributed by atoms with Gasteiger partial charge < -0.3 is 24.4 Å². The van der Waals surface area contributed by atoms with Gasteiger partial charge in [-0.2, -0.15) is 0 Å². The van der Waals surface area contributed by atoms with E-state index in [1.54, 1.807) is 6.92 Å². The Labute approximate surface area is 102 Å². The summed E-state index contributed by atoms with van der Waals surface area (Å²) in [6.07, 6.45) is -2.25. The fraction of sp³-hybridized carbons (Fsp3) is 1.00. The van der Waals surface area contributed by atoms with Gasteiger partial charge in [0.25, 0.3) is 0 Å². The van der Waals surface area contributed by atoms with Crippen molar-refractivity contribution in [2.75, 3.05) is 13.2 Å². The molecule has 2 rings (SSSR count). The zero-order chi connectivity index (χ0) is 12.8. The highest BCUT2D eigenvalue weighted by atomic mass is 16.7. The molecule has 5 heteroatoms. The summed E-state index contributed by atoms with van der Waals surface area (Å²) < 4.78 is 16.9. The first kappa shape index (κ1) is 13.2. The van der Waals surface area contributed by atoms with Crippen LogP contribution in [0.15, 0.2) is 0 Å². The van der Waals surface area contributed by atoms with Crippen LogP contribution in [0.2, 0.25) is 0 Å². The van der Waals surface area contributed by atoms with Gasteiger partial charge in [0, 0.05) is 5.92 Å². The molecule has 5 atom stereocenters. The molecule has 17 heavy (non-hydrogen) atoms. The summed E-state index contributed by atoms with van der Waals surface area (Å²) in [5.41, 5.74) is -1.24. The second-order valence-electron chi connectivity index (χ2n) is 6.06. The predicted molar refractivity (Wildman–Crippen MR) is 60.4 cm³/mol. The molecule has 0 aliphatic carbocycles. The molecular formula is C12H22O5. The maximum Gasteiger partial charge on any atom is 0.163 e. The second kappa shape index (κ2) is 4.17. The molecule has 2 heterocycles. The van der Waals surface area contributed by atoms with E-state index in [9.17, 15) is 10.2 Å². The molecule has 2 fully saturated rings. The van der Waals surface area contributed by atoms with Gasteiger partial charge >= 0.3 is 0 Å². The van der Waals surface area contributed by atoms with Gasteiger partial charge in [-0.15, -0.1) is 0 Å². The minimum absolute atomic E-state index is 0.220. The van der Waals surface area contributed by atoms with Gasteiger partial charge in [0.05, 0.1) is 24.9 Å². The first-order valence-electron chi connectivity index (χ1n) is 6.05. The van der Waals surface area contributed by atoms with E-state index in [0.717, 1.165) is 0 Å². The van der Waals surface area contributed by atoms with Crippen LogP contribution in [0.25, 0.3) is 0 Å². The molecule has 2 saturated heterocycles.